The molecule has 0 fully saturated rings. The first-order valence-corrected chi connectivity index (χ1v) is 6.31. The monoisotopic (exact) mass is 249 g/mol. The van der Waals surface area contributed by atoms with Crippen molar-refractivity contribution >= 4 is 17.5 Å². The Morgan fingerprint density at radius 1 is 1.35 bits per heavy atom. The van der Waals surface area contributed by atoms with E-state index in [0.29, 0.717) is 11.6 Å². The van der Waals surface area contributed by atoms with E-state index in [-0.39, 0.29) is 11.8 Å². The summed E-state index contributed by atoms with van der Waals surface area (Å²) in [6, 6.07) is 7.59. The molecule has 1 N–H and O–H groups in total. The highest BCUT2D eigenvalue weighted by Crippen LogP contribution is 2.19. The molecule has 2 nitrogen and oxygen atoms in total. The Kier molecular flexibility index (Phi) is 4.21. The van der Waals surface area contributed by atoms with Crippen molar-refractivity contribution in [2.24, 2.45) is 5.92 Å². The maximum absolute atomic E-state index is 11.9. The number of halogens is 1. The SMILES string of the molecule is O=C(NCc1ccccc1Cl)[C@@H]1CC=CCC1. The molecule has 2 rings (SSSR count). The minimum absolute atomic E-state index is 0.127. The van der Waals surface area contributed by atoms with Gasteiger partial charge in [0.25, 0.3) is 0 Å². The number of rotatable bonds is 3. The maximum Gasteiger partial charge on any atom is 0.223 e. The van der Waals surface area contributed by atoms with Crippen molar-refractivity contribution in [3.8, 4) is 0 Å². The van der Waals surface area contributed by atoms with Crippen molar-refractivity contribution in [3.63, 3.8) is 0 Å². The molecule has 0 heterocycles. The van der Waals surface area contributed by atoms with Crippen LogP contribution < -0.4 is 5.32 Å². The second-order valence-electron chi connectivity index (χ2n) is 4.29. The summed E-state index contributed by atoms with van der Waals surface area (Å²) in [5, 5.41) is 3.66. The van der Waals surface area contributed by atoms with Gasteiger partial charge in [0.2, 0.25) is 5.91 Å². The third kappa shape index (κ3) is 3.34. The van der Waals surface area contributed by atoms with Crippen LogP contribution >= 0.6 is 11.6 Å². The van der Waals surface area contributed by atoms with Crippen molar-refractivity contribution in [3.05, 3.63) is 47.0 Å². The van der Waals surface area contributed by atoms with Crippen molar-refractivity contribution in [2.45, 2.75) is 25.8 Å². The molecule has 0 bridgehead atoms. The van der Waals surface area contributed by atoms with Gasteiger partial charge in [-0.25, -0.2) is 0 Å². The van der Waals surface area contributed by atoms with Gasteiger partial charge >= 0.3 is 0 Å². The lowest BCUT2D eigenvalue weighted by Crippen LogP contribution is -2.30. The van der Waals surface area contributed by atoms with Crippen LogP contribution in [-0.2, 0) is 11.3 Å². The average molecular weight is 250 g/mol. The molecule has 3 heteroatoms. The summed E-state index contributed by atoms with van der Waals surface area (Å²) in [6.45, 7) is 0.513. The minimum atomic E-state index is 0.127. The Hall–Kier alpha value is -1.28. The first kappa shape index (κ1) is 12.2. The number of allylic oxidation sites excluding steroid dienone is 2. The molecule has 0 saturated carbocycles. The Labute approximate surface area is 107 Å². The van der Waals surface area contributed by atoms with Crippen molar-refractivity contribution in [1.29, 1.82) is 0 Å². The van der Waals surface area contributed by atoms with Gasteiger partial charge in [0.1, 0.15) is 0 Å². The third-order valence-electron chi connectivity index (χ3n) is 3.05. The molecule has 1 aliphatic carbocycles. The van der Waals surface area contributed by atoms with E-state index in [9.17, 15) is 4.79 Å². The zero-order valence-corrected chi connectivity index (χ0v) is 10.4. The van der Waals surface area contributed by atoms with Crippen LogP contribution in [0.3, 0.4) is 0 Å². The van der Waals surface area contributed by atoms with Gasteiger partial charge in [0, 0.05) is 17.5 Å². The molecule has 0 aliphatic heterocycles. The van der Waals surface area contributed by atoms with Gasteiger partial charge in [-0.05, 0) is 30.9 Å². The van der Waals surface area contributed by atoms with Crippen LogP contribution in [0.4, 0.5) is 0 Å². The van der Waals surface area contributed by atoms with Gasteiger partial charge in [-0.2, -0.15) is 0 Å². The van der Waals surface area contributed by atoms with Gasteiger partial charge in [0.15, 0.2) is 0 Å². The Morgan fingerprint density at radius 2 is 2.18 bits per heavy atom. The topological polar surface area (TPSA) is 29.1 Å². The molecule has 17 heavy (non-hydrogen) atoms. The molecule has 0 spiro atoms. The lowest BCUT2D eigenvalue weighted by molar-refractivity contribution is -0.125. The summed E-state index contributed by atoms with van der Waals surface area (Å²) < 4.78 is 0. The van der Waals surface area contributed by atoms with Gasteiger partial charge in [-0.15, -0.1) is 0 Å². The maximum atomic E-state index is 11.9. The predicted molar refractivity (Wildman–Crippen MR) is 69.8 cm³/mol. The van der Waals surface area contributed by atoms with E-state index in [1.165, 1.54) is 0 Å². The van der Waals surface area contributed by atoms with E-state index in [4.69, 9.17) is 11.6 Å². The Balaban J connectivity index is 1.88. The van der Waals surface area contributed by atoms with E-state index in [1.54, 1.807) is 0 Å². The smallest absolute Gasteiger partial charge is 0.223 e. The molecule has 1 aliphatic rings. The van der Waals surface area contributed by atoms with Crippen LogP contribution in [0, 0.1) is 5.92 Å². The number of amides is 1. The molecule has 1 aromatic rings. The number of hydrogen-bond acceptors (Lipinski definition) is 1. The first-order valence-electron chi connectivity index (χ1n) is 5.93. The lowest BCUT2D eigenvalue weighted by Gasteiger charge is -2.17. The second kappa shape index (κ2) is 5.87. The molecule has 1 atom stereocenters. The number of benzene rings is 1. The fourth-order valence-electron chi connectivity index (χ4n) is 2.00. The highest BCUT2D eigenvalue weighted by molar-refractivity contribution is 6.31. The summed E-state index contributed by atoms with van der Waals surface area (Å²) in [4.78, 5) is 11.9. The second-order valence-corrected chi connectivity index (χ2v) is 4.70. The van der Waals surface area contributed by atoms with Crippen molar-refractivity contribution in [1.82, 2.24) is 5.32 Å². The summed E-state index contributed by atoms with van der Waals surface area (Å²) in [5.74, 6) is 0.261. The highest BCUT2D eigenvalue weighted by atomic mass is 35.5. The van der Waals surface area contributed by atoms with Gasteiger partial charge < -0.3 is 5.32 Å². The van der Waals surface area contributed by atoms with Crippen molar-refractivity contribution < 1.29 is 4.79 Å². The van der Waals surface area contributed by atoms with Gasteiger partial charge in [-0.1, -0.05) is 42.0 Å². The fraction of sp³-hybridized carbons (Fsp3) is 0.357. The van der Waals surface area contributed by atoms with E-state index in [0.717, 1.165) is 24.8 Å². The zero-order valence-electron chi connectivity index (χ0n) is 9.66. The molecule has 90 valence electrons. The molecule has 0 aromatic heterocycles. The van der Waals surface area contributed by atoms with Crippen LogP contribution in [0.2, 0.25) is 5.02 Å². The quantitative estimate of drug-likeness (QED) is 0.819. The van der Waals surface area contributed by atoms with E-state index >= 15 is 0 Å². The summed E-state index contributed by atoms with van der Waals surface area (Å²) in [5.41, 5.74) is 0.967. The van der Waals surface area contributed by atoms with Crippen LogP contribution in [0.5, 0.6) is 0 Å². The number of hydrogen-bond donors (Lipinski definition) is 1. The summed E-state index contributed by atoms with van der Waals surface area (Å²) in [7, 11) is 0. The van der Waals surface area contributed by atoms with Gasteiger partial charge in [0.05, 0.1) is 0 Å². The van der Waals surface area contributed by atoms with Crippen LogP contribution in [0.1, 0.15) is 24.8 Å². The van der Waals surface area contributed by atoms with Gasteiger partial charge in [-0.3, -0.25) is 4.79 Å². The fourth-order valence-corrected chi connectivity index (χ4v) is 2.20. The average Bonchev–Trinajstić information content (AvgIpc) is 2.38. The van der Waals surface area contributed by atoms with E-state index in [1.807, 2.05) is 24.3 Å². The van der Waals surface area contributed by atoms with Crippen molar-refractivity contribution in [2.75, 3.05) is 0 Å². The predicted octanol–water partition coefficient (Wildman–Crippen LogP) is 3.31. The normalized spacial score (nSPS) is 19.0. The molecule has 0 unspecified atom stereocenters. The molecular formula is C14H16ClNO. The molecule has 0 saturated heterocycles. The Morgan fingerprint density at radius 3 is 2.88 bits per heavy atom. The number of carbonyl (C=O) groups is 1. The third-order valence-corrected chi connectivity index (χ3v) is 3.42. The summed E-state index contributed by atoms with van der Waals surface area (Å²) >= 11 is 6.03. The molecular weight excluding hydrogens is 234 g/mol. The van der Waals surface area contributed by atoms with Crippen LogP contribution in [0.25, 0.3) is 0 Å². The van der Waals surface area contributed by atoms with E-state index < -0.39 is 0 Å². The number of nitrogens with one attached hydrogen (secondary N) is 1. The Bertz CT molecular complexity index is 428. The van der Waals surface area contributed by atoms with Crippen LogP contribution in [-0.4, -0.2) is 5.91 Å². The van der Waals surface area contributed by atoms with E-state index in [2.05, 4.69) is 17.5 Å². The number of carbonyl (C=O) groups excluding carboxylic acids is 1. The first-order chi connectivity index (χ1) is 8.27. The highest BCUT2D eigenvalue weighted by Gasteiger charge is 2.18. The zero-order chi connectivity index (χ0) is 12.1. The summed E-state index contributed by atoms with van der Waals surface area (Å²) in [6.07, 6.45) is 7.03. The standard InChI is InChI=1S/C14H16ClNO/c15-13-9-5-4-8-12(13)10-16-14(17)11-6-2-1-3-7-11/h1-2,4-5,8-9,11H,3,6-7,10H2,(H,16,17)/t11-/m1/s1. The molecule has 1 amide bonds. The largest absolute Gasteiger partial charge is 0.352 e. The molecule has 0 radical (unpaired) electrons. The molecule has 1 aromatic carbocycles. The van der Waals surface area contributed by atoms with Crippen LogP contribution in [0.15, 0.2) is 36.4 Å². The lowest BCUT2D eigenvalue weighted by atomic mass is 9.93. The minimum Gasteiger partial charge on any atom is -0.352 e.